The molecule has 19 heavy (non-hydrogen) atoms. The number of hydrogen-bond donors (Lipinski definition) is 2. The first-order valence-electron chi connectivity index (χ1n) is 7.26. The van der Waals surface area contributed by atoms with Crippen LogP contribution in [-0.4, -0.2) is 34.4 Å². The summed E-state index contributed by atoms with van der Waals surface area (Å²) in [5.41, 5.74) is 1.85. The van der Waals surface area contributed by atoms with Crippen molar-refractivity contribution in [3.05, 3.63) is 24.0 Å². The van der Waals surface area contributed by atoms with Gasteiger partial charge in [0.1, 0.15) is 0 Å². The molecule has 3 rings (SSSR count). The zero-order chi connectivity index (χ0) is 13.4. The van der Waals surface area contributed by atoms with Crippen LogP contribution >= 0.6 is 0 Å². The molecule has 0 spiro atoms. The molecule has 1 saturated heterocycles. The van der Waals surface area contributed by atoms with Crippen molar-refractivity contribution >= 4 is 5.69 Å². The van der Waals surface area contributed by atoms with Crippen molar-refractivity contribution in [3.63, 3.8) is 0 Å². The van der Waals surface area contributed by atoms with Crippen LogP contribution in [0, 0.1) is 11.8 Å². The normalized spacial score (nSPS) is 31.5. The van der Waals surface area contributed by atoms with Gasteiger partial charge in [-0.3, -0.25) is 4.98 Å². The summed E-state index contributed by atoms with van der Waals surface area (Å²) in [5, 5.41) is 19.7. The summed E-state index contributed by atoms with van der Waals surface area (Å²) in [7, 11) is 0. The van der Waals surface area contributed by atoms with Gasteiger partial charge in [0.15, 0.2) is 0 Å². The van der Waals surface area contributed by atoms with Gasteiger partial charge in [0.2, 0.25) is 0 Å². The minimum Gasteiger partial charge on any atom is -0.393 e. The first-order chi connectivity index (χ1) is 9.19. The van der Waals surface area contributed by atoms with Crippen LogP contribution in [-0.2, 0) is 0 Å². The molecule has 0 bridgehead atoms. The fourth-order valence-electron chi connectivity index (χ4n) is 3.44. The molecule has 4 unspecified atom stereocenters. The average Bonchev–Trinajstić information content (AvgIpc) is 3.01. The summed E-state index contributed by atoms with van der Waals surface area (Å²) < 4.78 is 0. The van der Waals surface area contributed by atoms with Crippen molar-refractivity contribution in [2.75, 3.05) is 18.0 Å². The minimum atomic E-state index is -0.464. The lowest BCUT2D eigenvalue weighted by atomic mass is 10.00. The van der Waals surface area contributed by atoms with Gasteiger partial charge in [-0.25, -0.2) is 0 Å². The zero-order valence-electron chi connectivity index (χ0n) is 11.4. The molecule has 104 valence electrons. The molecule has 2 aliphatic rings. The van der Waals surface area contributed by atoms with E-state index in [0.29, 0.717) is 18.3 Å². The maximum absolute atomic E-state index is 9.94. The molecule has 1 aliphatic carbocycles. The highest BCUT2D eigenvalue weighted by molar-refractivity contribution is 5.46. The van der Waals surface area contributed by atoms with Crippen LogP contribution in [0.4, 0.5) is 5.69 Å². The molecule has 2 N–H and O–H groups in total. The van der Waals surface area contributed by atoms with Crippen molar-refractivity contribution in [3.8, 4) is 0 Å². The Kier molecular flexibility index (Phi) is 3.46. The van der Waals surface area contributed by atoms with Gasteiger partial charge in [0, 0.05) is 19.0 Å². The third kappa shape index (κ3) is 2.35. The maximum atomic E-state index is 9.94. The Morgan fingerprint density at radius 1 is 1.37 bits per heavy atom. The van der Waals surface area contributed by atoms with E-state index in [4.69, 9.17) is 0 Å². The average molecular weight is 262 g/mol. The van der Waals surface area contributed by atoms with Crippen LogP contribution in [0.3, 0.4) is 0 Å². The standard InChI is InChI=1S/C15H22N2O2/c1-2-14(18)13-5-4-11(7-16-13)17-8-10-3-6-15(19)12(10)9-17/h4-5,7,10,12,14-15,18-19H,2-3,6,8-9H2,1H3. The minimum absolute atomic E-state index is 0.121. The fourth-order valence-corrected chi connectivity index (χ4v) is 3.44. The highest BCUT2D eigenvalue weighted by Gasteiger charge is 2.41. The Balaban J connectivity index is 1.70. The Hall–Kier alpha value is -1.13. The number of rotatable bonds is 3. The van der Waals surface area contributed by atoms with Crippen molar-refractivity contribution in [1.82, 2.24) is 4.98 Å². The van der Waals surface area contributed by atoms with Crippen molar-refractivity contribution in [1.29, 1.82) is 0 Å². The van der Waals surface area contributed by atoms with E-state index in [9.17, 15) is 10.2 Å². The predicted molar refractivity (Wildman–Crippen MR) is 73.9 cm³/mol. The highest BCUT2D eigenvalue weighted by Crippen LogP contribution is 2.39. The van der Waals surface area contributed by atoms with Gasteiger partial charge in [0.05, 0.1) is 29.8 Å². The molecule has 0 amide bonds. The largest absolute Gasteiger partial charge is 0.393 e. The van der Waals surface area contributed by atoms with Gasteiger partial charge in [-0.1, -0.05) is 6.92 Å². The van der Waals surface area contributed by atoms with E-state index >= 15 is 0 Å². The molecule has 4 heteroatoms. The number of aliphatic hydroxyl groups is 2. The summed E-state index contributed by atoms with van der Waals surface area (Å²) in [5.74, 6) is 1.07. The van der Waals surface area contributed by atoms with E-state index in [1.807, 2.05) is 25.3 Å². The van der Waals surface area contributed by atoms with E-state index < -0.39 is 6.10 Å². The molecule has 4 nitrogen and oxygen atoms in total. The monoisotopic (exact) mass is 262 g/mol. The van der Waals surface area contributed by atoms with E-state index in [-0.39, 0.29) is 6.10 Å². The summed E-state index contributed by atoms with van der Waals surface area (Å²) >= 11 is 0. The van der Waals surface area contributed by atoms with Gasteiger partial charge < -0.3 is 15.1 Å². The van der Waals surface area contributed by atoms with Gasteiger partial charge in [0.25, 0.3) is 0 Å². The Morgan fingerprint density at radius 3 is 2.84 bits per heavy atom. The summed E-state index contributed by atoms with van der Waals surface area (Å²) in [6.07, 6.45) is 4.05. The van der Waals surface area contributed by atoms with Crippen molar-refractivity contribution < 1.29 is 10.2 Å². The molecule has 1 aromatic rings. The van der Waals surface area contributed by atoms with E-state index in [1.165, 1.54) is 0 Å². The molecule has 1 saturated carbocycles. The van der Waals surface area contributed by atoms with Gasteiger partial charge in [-0.2, -0.15) is 0 Å². The smallest absolute Gasteiger partial charge is 0.0957 e. The third-order valence-electron chi connectivity index (χ3n) is 4.68. The van der Waals surface area contributed by atoms with Gasteiger partial charge in [-0.05, 0) is 37.3 Å². The summed E-state index contributed by atoms with van der Waals surface area (Å²) in [6.45, 7) is 3.91. The Labute approximate surface area is 114 Å². The van der Waals surface area contributed by atoms with Gasteiger partial charge in [-0.15, -0.1) is 0 Å². The number of nitrogens with zero attached hydrogens (tertiary/aromatic N) is 2. The number of aliphatic hydroxyl groups excluding tert-OH is 2. The topological polar surface area (TPSA) is 56.6 Å². The zero-order valence-corrected chi connectivity index (χ0v) is 11.4. The van der Waals surface area contributed by atoms with E-state index in [0.717, 1.165) is 37.3 Å². The van der Waals surface area contributed by atoms with Crippen molar-refractivity contribution in [2.45, 2.75) is 38.4 Å². The first-order valence-corrected chi connectivity index (χ1v) is 7.26. The quantitative estimate of drug-likeness (QED) is 0.871. The Morgan fingerprint density at radius 2 is 2.21 bits per heavy atom. The highest BCUT2D eigenvalue weighted by atomic mass is 16.3. The van der Waals surface area contributed by atoms with Crippen LogP contribution in [0.15, 0.2) is 18.3 Å². The second-order valence-electron chi connectivity index (χ2n) is 5.84. The molecule has 0 aromatic carbocycles. The van der Waals surface area contributed by atoms with Crippen LogP contribution in [0.25, 0.3) is 0 Å². The van der Waals surface area contributed by atoms with E-state index in [2.05, 4.69) is 9.88 Å². The third-order valence-corrected chi connectivity index (χ3v) is 4.68. The van der Waals surface area contributed by atoms with Crippen molar-refractivity contribution in [2.24, 2.45) is 11.8 Å². The second kappa shape index (κ2) is 5.10. The number of aromatic nitrogens is 1. The molecule has 0 radical (unpaired) electrons. The number of pyridine rings is 1. The first kappa shape index (κ1) is 12.9. The number of fused-ring (bicyclic) bond motifs is 1. The SMILES string of the molecule is CCC(O)c1ccc(N2CC3CCC(O)C3C2)cn1. The molecule has 2 heterocycles. The van der Waals surface area contributed by atoms with Crippen LogP contribution in [0.2, 0.25) is 0 Å². The molecule has 1 aromatic heterocycles. The molecular weight excluding hydrogens is 240 g/mol. The summed E-state index contributed by atoms with van der Waals surface area (Å²) in [6, 6.07) is 3.95. The maximum Gasteiger partial charge on any atom is 0.0957 e. The molecule has 2 fully saturated rings. The molecular formula is C15H22N2O2. The lowest BCUT2D eigenvalue weighted by molar-refractivity contribution is 0.133. The van der Waals surface area contributed by atoms with Gasteiger partial charge >= 0.3 is 0 Å². The number of hydrogen-bond acceptors (Lipinski definition) is 4. The Bertz CT molecular complexity index is 434. The van der Waals surface area contributed by atoms with Crippen LogP contribution in [0.1, 0.15) is 38.0 Å². The predicted octanol–water partition coefficient (Wildman–Crippen LogP) is 1.73. The van der Waals surface area contributed by atoms with Crippen LogP contribution in [0.5, 0.6) is 0 Å². The fraction of sp³-hybridized carbons (Fsp3) is 0.667. The van der Waals surface area contributed by atoms with Crippen LogP contribution < -0.4 is 4.90 Å². The van der Waals surface area contributed by atoms with E-state index in [1.54, 1.807) is 0 Å². The molecule has 1 aliphatic heterocycles. The second-order valence-corrected chi connectivity index (χ2v) is 5.84. The lowest BCUT2D eigenvalue weighted by Crippen LogP contribution is -2.24. The molecule has 4 atom stereocenters. The summed E-state index contributed by atoms with van der Waals surface area (Å²) in [4.78, 5) is 6.67. The number of anilines is 1. The lowest BCUT2D eigenvalue weighted by Gasteiger charge is -2.20.